The first kappa shape index (κ1) is 8.97. The third-order valence-electron chi connectivity index (χ3n) is 1.23. The van der Waals surface area contributed by atoms with E-state index in [0.29, 0.717) is 0 Å². The zero-order valence-electron chi connectivity index (χ0n) is 6.17. The lowest BCUT2D eigenvalue weighted by atomic mass is 10.3. The molecule has 0 unspecified atom stereocenters. The summed E-state index contributed by atoms with van der Waals surface area (Å²) in [4.78, 5) is 1.17. The maximum atomic E-state index is 8.73. The number of hydrogen-bond donors (Lipinski definition) is 1. The van der Waals surface area contributed by atoms with Crippen LogP contribution in [0.4, 0.5) is 0 Å². The molecule has 0 aliphatic rings. The van der Waals surface area contributed by atoms with Gasteiger partial charge in [0.1, 0.15) is 0 Å². The summed E-state index contributed by atoms with van der Waals surface area (Å²) < 4.78 is 1.12. The van der Waals surface area contributed by atoms with E-state index >= 15 is 0 Å². The highest BCUT2D eigenvalue weighted by molar-refractivity contribution is 9.11. The lowest BCUT2D eigenvalue weighted by Crippen LogP contribution is -1.81. The van der Waals surface area contributed by atoms with Crippen LogP contribution < -0.4 is 0 Å². The molecule has 0 aromatic carbocycles. The molecule has 3 heteroatoms. The Morgan fingerprint density at radius 2 is 2.45 bits per heavy atom. The highest BCUT2D eigenvalue weighted by Crippen LogP contribution is 2.23. The largest absolute Gasteiger partial charge is 0.392 e. The van der Waals surface area contributed by atoms with Crippen molar-refractivity contribution in [1.82, 2.24) is 0 Å². The molecule has 0 saturated heterocycles. The fourth-order valence-corrected chi connectivity index (χ4v) is 2.14. The molecule has 0 amide bonds. The first-order valence-electron chi connectivity index (χ1n) is 3.26. The molecular weight excluding hydrogens is 224 g/mol. The molecule has 0 radical (unpaired) electrons. The molecule has 0 spiro atoms. The predicted octanol–water partition coefficient (Wildman–Crippen LogP) is 2.91. The molecule has 0 saturated carbocycles. The van der Waals surface area contributed by atoms with Crippen molar-refractivity contribution >= 4 is 33.3 Å². The van der Waals surface area contributed by atoms with Gasteiger partial charge in [0, 0.05) is 4.88 Å². The topological polar surface area (TPSA) is 20.2 Å². The van der Waals surface area contributed by atoms with Crippen LogP contribution in [0.1, 0.15) is 11.8 Å². The van der Waals surface area contributed by atoms with Crippen LogP contribution in [0, 0.1) is 0 Å². The summed E-state index contributed by atoms with van der Waals surface area (Å²) in [5.74, 6) is 0. The van der Waals surface area contributed by atoms with Crippen LogP contribution in [0.3, 0.4) is 0 Å². The van der Waals surface area contributed by atoms with Gasteiger partial charge in [-0.2, -0.15) is 0 Å². The van der Waals surface area contributed by atoms with Crippen molar-refractivity contribution in [3.63, 3.8) is 0 Å². The van der Waals surface area contributed by atoms with Crippen LogP contribution >= 0.6 is 27.3 Å². The van der Waals surface area contributed by atoms with Gasteiger partial charge in [-0.05, 0) is 46.6 Å². The van der Waals surface area contributed by atoms with E-state index in [1.165, 1.54) is 4.88 Å². The van der Waals surface area contributed by atoms with Crippen LogP contribution in [-0.2, 0) is 0 Å². The number of halogens is 1. The average Bonchev–Trinajstić information content (AvgIpc) is 2.35. The lowest BCUT2D eigenvalue weighted by Gasteiger charge is -1.90. The summed E-state index contributed by atoms with van der Waals surface area (Å²) in [6.45, 7) is 2.04. The molecule has 0 fully saturated rings. The highest BCUT2D eigenvalue weighted by atomic mass is 79.9. The van der Waals surface area contributed by atoms with Gasteiger partial charge in [0.25, 0.3) is 0 Å². The van der Waals surface area contributed by atoms with Gasteiger partial charge >= 0.3 is 0 Å². The molecule has 1 nitrogen and oxygen atoms in total. The van der Waals surface area contributed by atoms with Crippen LogP contribution in [0.5, 0.6) is 0 Å². The van der Waals surface area contributed by atoms with Crippen molar-refractivity contribution in [3.8, 4) is 0 Å². The first-order valence-corrected chi connectivity index (χ1v) is 4.86. The SMILES string of the molecule is C/C(=C/c1ccc(Br)s1)CO. The van der Waals surface area contributed by atoms with Crippen LogP contribution in [0.25, 0.3) is 6.08 Å². The first-order chi connectivity index (χ1) is 5.22. The summed E-state index contributed by atoms with van der Waals surface area (Å²) in [5, 5.41) is 8.73. The second-order valence-corrected chi connectivity index (χ2v) is 4.79. The summed E-state index contributed by atoms with van der Waals surface area (Å²) in [6.07, 6.45) is 1.98. The number of thiophene rings is 1. The zero-order chi connectivity index (χ0) is 8.27. The number of hydrogen-bond acceptors (Lipinski definition) is 2. The molecule has 1 rings (SSSR count). The van der Waals surface area contributed by atoms with E-state index in [0.717, 1.165) is 9.36 Å². The van der Waals surface area contributed by atoms with E-state index < -0.39 is 0 Å². The van der Waals surface area contributed by atoms with E-state index in [-0.39, 0.29) is 6.61 Å². The molecule has 1 N–H and O–H groups in total. The fraction of sp³-hybridized carbons (Fsp3) is 0.250. The summed E-state index contributed by atoms with van der Waals surface area (Å²) in [6, 6.07) is 4.02. The fourth-order valence-electron chi connectivity index (χ4n) is 0.694. The van der Waals surface area contributed by atoms with Crippen LogP contribution in [-0.4, -0.2) is 11.7 Å². The second kappa shape index (κ2) is 4.04. The van der Waals surface area contributed by atoms with Gasteiger partial charge in [-0.1, -0.05) is 0 Å². The Balaban J connectivity index is 2.78. The summed E-state index contributed by atoms with van der Waals surface area (Å²) >= 11 is 5.03. The molecule has 60 valence electrons. The molecule has 0 aliphatic carbocycles. The van der Waals surface area contributed by atoms with Gasteiger partial charge in [0.05, 0.1) is 10.4 Å². The van der Waals surface area contributed by atoms with E-state index in [1.54, 1.807) is 11.3 Å². The Labute approximate surface area is 78.5 Å². The minimum absolute atomic E-state index is 0.134. The van der Waals surface area contributed by atoms with Crippen molar-refractivity contribution in [2.24, 2.45) is 0 Å². The highest BCUT2D eigenvalue weighted by Gasteiger charge is 1.93. The molecule has 1 aromatic heterocycles. The van der Waals surface area contributed by atoms with Gasteiger partial charge < -0.3 is 5.11 Å². The van der Waals surface area contributed by atoms with Crippen molar-refractivity contribution in [2.75, 3.05) is 6.61 Å². The van der Waals surface area contributed by atoms with Crippen molar-refractivity contribution < 1.29 is 5.11 Å². The van der Waals surface area contributed by atoms with E-state index in [1.807, 2.05) is 25.1 Å². The molecule has 1 heterocycles. The quantitative estimate of drug-likeness (QED) is 0.832. The van der Waals surface area contributed by atoms with Crippen LogP contribution in [0.15, 0.2) is 21.5 Å². The Hall–Kier alpha value is -0.120. The number of rotatable bonds is 2. The van der Waals surface area contributed by atoms with Gasteiger partial charge in [-0.15, -0.1) is 11.3 Å². The zero-order valence-corrected chi connectivity index (χ0v) is 8.58. The van der Waals surface area contributed by atoms with E-state index in [2.05, 4.69) is 15.9 Å². The third-order valence-corrected chi connectivity index (χ3v) is 2.80. The lowest BCUT2D eigenvalue weighted by molar-refractivity contribution is 0.332. The van der Waals surface area contributed by atoms with Gasteiger partial charge in [-0.3, -0.25) is 0 Å². The molecule has 0 bridgehead atoms. The van der Waals surface area contributed by atoms with Gasteiger partial charge in [-0.25, -0.2) is 0 Å². The van der Waals surface area contributed by atoms with Gasteiger partial charge in [0.15, 0.2) is 0 Å². The van der Waals surface area contributed by atoms with E-state index in [9.17, 15) is 0 Å². The maximum absolute atomic E-state index is 8.73. The van der Waals surface area contributed by atoms with Crippen molar-refractivity contribution in [2.45, 2.75) is 6.92 Å². The molecular formula is C8H9BrOS. The Morgan fingerprint density at radius 3 is 2.91 bits per heavy atom. The van der Waals surface area contributed by atoms with E-state index in [4.69, 9.17) is 5.11 Å². The number of aliphatic hydroxyl groups excluding tert-OH is 1. The minimum atomic E-state index is 0.134. The standard InChI is InChI=1S/C8H9BrOS/c1-6(5-10)4-7-2-3-8(9)11-7/h2-4,10H,5H2,1H3/b6-4-. The molecule has 0 aliphatic heterocycles. The minimum Gasteiger partial charge on any atom is -0.392 e. The number of aliphatic hydroxyl groups is 1. The molecule has 0 atom stereocenters. The summed E-state index contributed by atoms with van der Waals surface area (Å²) in [7, 11) is 0. The Kier molecular flexibility index (Phi) is 3.30. The molecule has 11 heavy (non-hydrogen) atoms. The Bertz CT molecular complexity index is 265. The second-order valence-electron chi connectivity index (χ2n) is 2.29. The maximum Gasteiger partial charge on any atom is 0.0704 e. The normalized spacial score (nSPS) is 12.1. The smallest absolute Gasteiger partial charge is 0.0704 e. The predicted molar refractivity (Wildman–Crippen MR) is 52.8 cm³/mol. The average molecular weight is 233 g/mol. The van der Waals surface area contributed by atoms with Crippen molar-refractivity contribution in [1.29, 1.82) is 0 Å². The third kappa shape index (κ3) is 2.77. The molecule has 1 aromatic rings. The summed E-state index contributed by atoms with van der Waals surface area (Å²) in [5.41, 5.74) is 0.986. The van der Waals surface area contributed by atoms with Gasteiger partial charge in [0.2, 0.25) is 0 Å². The van der Waals surface area contributed by atoms with Crippen LogP contribution in [0.2, 0.25) is 0 Å². The Morgan fingerprint density at radius 1 is 1.73 bits per heavy atom. The monoisotopic (exact) mass is 232 g/mol. The van der Waals surface area contributed by atoms with Crippen molar-refractivity contribution in [3.05, 3.63) is 26.4 Å².